The molecule has 1 aromatic heterocycles. The average Bonchev–Trinajstić information content (AvgIpc) is 2.92. The Labute approximate surface area is 124 Å². The highest BCUT2D eigenvalue weighted by atomic mass is 79.9. The molecule has 100 valence electrons. The number of fused-ring (bicyclic) bond motifs is 1. The van der Waals surface area contributed by atoms with Gasteiger partial charge in [-0.1, -0.05) is 34.1 Å². The lowest BCUT2D eigenvalue weighted by molar-refractivity contribution is 0.104. The van der Waals surface area contributed by atoms with Crippen molar-refractivity contribution in [2.75, 3.05) is 7.11 Å². The van der Waals surface area contributed by atoms with E-state index in [2.05, 4.69) is 20.9 Å². The highest BCUT2D eigenvalue weighted by molar-refractivity contribution is 9.10. The first-order valence-electron chi connectivity index (χ1n) is 6.15. The van der Waals surface area contributed by atoms with E-state index < -0.39 is 0 Å². The third kappa shape index (κ3) is 2.12. The number of nitrogens with one attached hydrogen (secondary N) is 1. The normalized spacial score (nSPS) is 10.7. The Hall–Kier alpha value is -2.07. The molecule has 0 radical (unpaired) electrons. The Morgan fingerprint density at radius 3 is 2.80 bits per heavy atom. The largest absolute Gasteiger partial charge is 0.497 e. The Balaban J connectivity index is 2.13. The van der Waals surface area contributed by atoms with Gasteiger partial charge >= 0.3 is 0 Å². The van der Waals surface area contributed by atoms with E-state index in [1.54, 1.807) is 25.4 Å². The van der Waals surface area contributed by atoms with Crippen molar-refractivity contribution in [3.05, 3.63) is 64.3 Å². The quantitative estimate of drug-likeness (QED) is 0.733. The van der Waals surface area contributed by atoms with Crippen LogP contribution in [0.1, 0.15) is 15.9 Å². The molecule has 0 saturated carbocycles. The molecule has 0 atom stereocenters. The van der Waals surface area contributed by atoms with E-state index in [-0.39, 0.29) is 5.78 Å². The Kier molecular flexibility index (Phi) is 3.32. The summed E-state index contributed by atoms with van der Waals surface area (Å²) in [4.78, 5) is 15.8. The van der Waals surface area contributed by atoms with E-state index in [0.29, 0.717) is 16.9 Å². The van der Waals surface area contributed by atoms with E-state index in [1.807, 2.05) is 30.3 Å². The van der Waals surface area contributed by atoms with Gasteiger partial charge in [0, 0.05) is 32.7 Å². The standard InChI is InChI=1S/C16H12BrNO2/c1-20-11-5-2-4-10(8-11)16(19)12-9-18-14-7-3-6-13(17)15(12)14/h2-9,18H,1H3. The van der Waals surface area contributed by atoms with Gasteiger partial charge in [0.2, 0.25) is 0 Å². The first kappa shape index (κ1) is 12.9. The van der Waals surface area contributed by atoms with Crippen molar-refractivity contribution in [1.82, 2.24) is 4.98 Å². The summed E-state index contributed by atoms with van der Waals surface area (Å²) in [5.74, 6) is 0.650. The minimum atomic E-state index is -0.0259. The summed E-state index contributed by atoms with van der Waals surface area (Å²) in [6.45, 7) is 0. The number of aromatic nitrogens is 1. The SMILES string of the molecule is COc1cccc(C(=O)c2c[nH]c3cccc(Br)c23)c1. The number of rotatable bonds is 3. The number of H-pyrrole nitrogens is 1. The topological polar surface area (TPSA) is 42.1 Å². The van der Waals surface area contributed by atoms with Crippen molar-refractivity contribution in [1.29, 1.82) is 0 Å². The number of benzene rings is 2. The van der Waals surface area contributed by atoms with Crippen molar-refractivity contribution >= 4 is 32.6 Å². The molecule has 3 nitrogen and oxygen atoms in total. The second-order valence-corrected chi connectivity index (χ2v) is 5.28. The zero-order valence-corrected chi connectivity index (χ0v) is 12.4. The fourth-order valence-electron chi connectivity index (χ4n) is 2.24. The molecule has 0 fully saturated rings. The molecule has 0 spiro atoms. The summed E-state index contributed by atoms with van der Waals surface area (Å²) < 4.78 is 6.07. The summed E-state index contributed by atoms with van der Waals surface area (Å²) in [7, 11) is 1.59. The smallest absolute Gasteiger partial charge is 0.195 e. The summed E-state index contributed by atoms with van der Waals surface area (Å²) in [6.07, 6.45) is 1.75. The number of halogens is 1. The van der Waals surface area contributed by atoms with Crippen molar-refractivity contribution < 1.29 is 9.53 Å². The Morgan fingerprint density at radius 2 is 2.00 bits per heavy atom. The maximum Gasteiger partial charge on any atom is 0.195 e. The van der Waals surface area contributed by atoms with Gasteiger partial charge in [-0.2, -0.15) is 0 Å². The second kappa shape index (κ2) is 5.13. The van der Waals surface area contributed by atoms with E-state index in [0.717, 1.165) is 15.4 Å². The maximum atomic E-state index is 12.6. The molecule has 0 aliphatic rings. The van der Waals surface area contributed by atoms with Crippen LogP contribution in [-0.4, -0.2) is 17.9 Å². The zero-order chi connectivity index (χ0) is 14.1. The number of hydrogen-bond donors (Lipinski definition) is 1. The highest BCUT2D eigenvalue weighted by Gasteiger charge is 2.16. The van der Waals surface area contributed by atoms with E-state index in [4.69, 9.17) is 4.74 Å². The Bertz CT molecular complexity index is 792. The van der Waals surface area contributed by atoms with Crippen molar-refractivity contribution in [3.63, 3.8) is 0 Å². The lowest BCUT2D eigenvalue weighted by Crippen LogP contribution is -2.00. The van der Waals surface area contributed by atoms with Gasteiger partial charge in [-0.05, 0) is 24.3 Å². The first-order chi connectivity index (χ1) is 9.70. The predicted molar refractivity (Wildman–Crippen MR) is 82.4 cm³/mol. The van der Waals surface area contributed by atoms with Gasteiger partial charge in [-0.15, -0.1) is 0 Å². The molecule has 3 aromatic rings. The molecule has 0 saturated heterocycles. The summed E-state index contributed by atoms with van der Waals surface area (Å²) in [5.41, 5.74) is 2.20. The van der Waals surface area contributed by atoms with Gasteiger partial charge in [0.15, 0.2) is 5.78 Å². The van der Waals surface area contributed by atoms with Crippen LogP contribution in [0.25, 0.3) is 10.9 Å². The molecule has 20 heavy (non-hydrogen) atoms. The highest BCUT2D eigenvalue weighted by Crippen LogP contribution is 2.29. The van der Waals surface area contributed by atoms with Crippen LogP contribution in [0.3, 0.4) is 0 Å². The number of aromatic amines is 1. The van der Waals surface area contributed by atoms with Crippen LogP contribution in [0.4, 0.5) is 0 Å². The molecule has 3 rings (SSSR count). The minimum absolute atomic E-state index is 0.0259. The lowest BCUT2D eigenvalue weighted by Gasteiger charge is -2.04. The van der Waals surface area contributed by atoms with E-state index in [9.17, 15) is 4.79 Å². The molecule has 1 heterocycles. The Morgan fingerprint density at radius 1 is 1.20 bits per heavy atom. The predicted octanol–water partition coefficient (Wildman–Crippen LogP) is 4.17. The van der Waals surface area contributed by atoms with E-state index >= 15 is 0 Å². The molecular weight excluding hydrogens is 318 g/mol. The summed E-state index contributed by atoms with van der Waals surface area (Å²) >= 11 is 3.50. The third-order valence-electron chi connectivity index (χ3n) is 3.23. The second-order valence-electron chi connectivity index (χ2n) is 4.43. The monoisotopic (exact) mass is 329 g/mol. The number of carbonyl (C=O) groups is 1. The molecule has 0 aliphatic carbocycles. The summed E-state index contributed by atoms with van der Waals surface area (Å²) in [6, 6.07) is 13.0. The van der Waals surface area contributed by atoms with Crippen LogP contribution < -0.4 is 4.74 Å². The van der Waals surface area contributed by atoms with Crippen LogP contribution in [0, 0.1) is 0 Å². The van der Waals surface area contributed by atoms with Crippen LogP contribution in [-0.2, 0) is 0 Å². The van der Waals surface area contributed by atoms with Crippen LogP contribution >= 0.6 is 15.9 Å². The zero-order valence-electron chi connectivity index (χ0n) is 10.8. The summed E-state index contributed by atoms with van der Waals surface area (Å²) in [5, 5.41) is 0.903. The van der Waals surface area contributed by atoms with Gasteiger partial charge in [0.05, 0.1) is 7.11 Å². The van der Waals surface area contributed by atoms with Crippen LogP contribution in [0.2, 0.25) is 0 Å². The van der Waals surface area contributed by atoms with Gasteiger partial charge < -0.3 is 9.72 Å². The number of methoxy groups -OCH3 is 1. The fraction of sp³-hybridized carbons (Fsp3) is 0.0625. The fourth-order valence-corrected chi connectivity index (χ4v) is 2.82. The molecule has 0 bridgehead atoms. The molecule has 0 amide bonds. The molecule has 2 aromatic carbocycles. The number of ether oxygens (including phenoxy) is 1. The van der Waals surface area contributed by atoms with Crippen LogP contribution in [0.15, 0.2) is 53.1 Å². The minimum Gasteiger partial charge on any atom is -0.497 e. The van der Waals surface area contributed by atoms with Gasteiger partial charge in [0.1, 0.15) is 5.75 Å². The van der Waals surface area contributed by atoms with Crippen molar-refractivity contribution in [2.45, 2.75) is 0 Å². The molecule has 0 unspecified atom stereocenters. The van der Waals surface area contributed by atoms with E-state index in [1.165, 1.54) is 0 Å². The molecule has 0 aliphatic heterocycles. The average molecular weight is 330 g/mol. The number of hydrogen-bond acceptors (Lipinski definition) is 2. The molecule has 4 heteroatoms. The maximum absolute atomic E-state index is 12.6. The lowest BCUT2D eigenvalue weighted by atomic mass is 10.0. The van der Waals surface area contributed by atoms with Gasteiger partial charge in [0.25, 0.3) is 0 Å². The number of carbonyl (C=O) groups excluding carboxylic acids is 1. The third-order valence-corrected chi connectivity index (χ3v) is 3.89. The van der Waals surface area contributed by atoms with Gasteiger partial charge in [-0.25, -0.2) is 0 Å². The first-order valence-corrected chi connectivity index (χ1v) is 6.94. The van der Waals surface area contributed by atoms with Gasteiger partial charge in [-0.3, -0.25) is 4.79 Å². The van der Waals surface area contributed by atoms with Crippen molar-refractivity contribution in [2.24, 2.45) is 0 Å². The molecule has 1 N–H and O–H groups in total. The van der Waals surface area contributed by atoms with Crippen molar-refractivity contribution in [3.8, 4) is 5.75 Å². The van der Waals surface area contributed by atoms with Crippen LogP contribution in [0.5, 0.6) is 5.75 Å². The molecular formula is C16H12BrNO2. The number of ketones is 1.